The van der Waals surface area contributed by atoms with Gasteiger partial charge in [0.25, 0.3) is 11.6 Å². The van der Waals surface area contributed by atoms with Crippen LogP contribution in [0.5, 0.6) is 11.5 Å². The van der Waals surface area contributed by atoms with Gasteiger partial charge in [-0.1, -0.05) is 17.7 Å². The summed E-state index contributed by atoms with van der Waals surface area (Å²) >= 11 is 5.97. The predicted octanol–water partition coefficient (Wildman–Crippen LogP) is 3.42. The molecule has 0 aliphatic heterocycles. The number of hydrogen-bond donors (Lipinski definition) is 2. The smallest absolute Gasteiger partial charge is 0.274 e. The SMILES string of the molecule is CCOc1cc([N+](=O)[O-])cc(/C=N\NC(=O)c2ccc(C)c(Cl)c2)c1O. The number of carbonyl (C=O) groups excluding carboxylic acids is 1. The molecule has 2 aromatic rings. The number of phenols is 1. The summed E-state index contributed by atoms with van der Waals surface area (Å²) in [5.41, 5.74) is 3.16. The zero-order valence-electron chi connectivity index (χ0n) is 14.0. The highest BCUT2D eigenvalue weighted by Crippen LogP contribution is 2.33. The van der Waals surface area contributed by atoms with E-state index in [1.165, 1.54) is 6.07 Å². The molecule has 0 saturated heterocycles. The van der Waals surface area contributed by atoms with Crippen molar-refractivity contribution in [3.05, 3.63) is 62.2 Å². The van der Waals surface area contributed by atoms with Gasteiger partial charge in [0.1, 0.15) is 0 Å². The maximum Gasteiger partial charge on any atom is 0.274 e. The number of non-ortho nitro benzene ring substituents is 1. The lowest BCUT2D eigenvalue weighted by molar-refractivity contribution is -0.385. The van der Waals surface area contributed by atoms with Gasteiger partial charge in [0.2, 0.25) is 0 Å². The molecule has 0 unspecified atom stereocenters. The van der Waals surface area contributed by atoms with Crippen molar-refractivity contribution in [3.8, 4) is 11.5 Å². The molecule has 1 amide bonds. The maximum absolute atomic E-state index is 12.0. The number of phenolic OH excluding ortho intramolecular Hbond substituents is 1. The van der Waals surface area contributed by atoms with Gasteiger partial charge in [-0.05, 0) is 31.5 Å². The monoisotopic (exact) mass is 377 g/mol. The van der Waals surface area contributed by atoms with E-state index in [1.54, 1.807) is 19.1 Å². The lowest BCUT2D eigenvalue weighted by Crippen LogP contribution is -2.17. The number of aromatic hydroxyl groups is 1. The Kier molecular flexibility index (Phi) is 6.13. The second-order valence-electron chi connectivity index (χ2n) is 5.23. The number of hydrazone groups is 1. The molecule has 9 heteroatoms. The summed E-state index contributed by atoms with van der Waals surface area (Å²) in [6, 6.07) is 7.02. The predicted molar refractivity (Wildman–Crippen MR) is 97.2 cm³/mol. The molecule has 0 spiro atoms. The zero-order chi connectivity index (χ0) is 19.3. The Morgan fingerprint density at radius 3 is 2.77 bits per heavy atom. The van der Waals surface area contributed by atoms with Crippen LogP contribution in [0, 0.1) is 17.0 Å². The van der Waals surface area contributed by atoms with E-state index in [1.807, 2.05) is 6.92 Å². The first-order chi connectivity index (χ1) is 12.3. The molecule has 8 nitrogen and oxygen atoms in total. The second-order valence-corrected chi connectivity index (χ2v) is 5.64. The standard InChI is InChI=1S/C17H16ClN3O5/c1-3-26-15-8-13(21(24)25)6-12(16(15)22)9-19-20-17(23)11-5-4-10(2)14(18)7-11/h4-9,22H,3H2,1-2H3,(H,20,23)/b19-9-. The largest absolute Gasteiger partial charge is 0.504 e. The average molecular weight is 378 g/mol. The van der Waals surface area contributed by atoms with Crippen molar-refractivity contribution in [1.29, 1.82) is 0 Å². The number of nitro benzene ring substituents is 1. The first-order valence-electron chi connectivity index (χ1n) is 7.57. The minimum atomic E-state index is -0.619. The number of aryl methyl sites for hydroxylation is 1. The van der Waals surface area contributed by atoms with Crippen molar-refractivity contribution in [1.82, 2.24) is 5.43 Å². The van der Waals surface area contributed by atoms with Gasteiger partial charge >= 0.3 is 0 Å². The average Bonchev–Trinajstić information content (AvgIpc) is 2.60. The molecule has 0 aliphatic rings. The topological polar surface area (TPSA) is 114 Å². The molecule has 2 aromatic carbocycles. The van der Waals surface area contributed by atoms with Crippen molar-refractivity contribution >= 4 is 29.4 Å². The van der Waals surface area contributed by atoms with Gasteiger partial charge < -0.3 is 9.84 Å². The van der Waals surface area contributed by atoms with Gasteiger partial charge in [-0.15, -0.1) is 0 Å². The van der Waals surface area contributed by atoms with Crippen LogP contribution in [0.15, 0.2) is 35.4 Å². The van der Waals surface area contributed by atoms with E-state index in [0.29, 0.717) is 10.6 Å². The molecule has 0 saturated carbocycles. The fraction of sp³-hybridized carbons (Fsp3) is 0.176. The molecule has 0 fully saturated rings. The molecule has 0 aliphatic carbocycles. The zero-order valence-corrected chi connectivity index (χ0v) is 14.8. The van der Waals surface area contributed by atoms with E-state index in [4.69, 9.17) is 16.3 Å². The number of amides is 1. The quantitative estimate of drug-likeness (QED) is 0.454. The van der Waals surface area contributed by atoms with E-state index in [2.05, 4.69) is 10.5 Å². The van der Waals surface area contributed by atoms with Gasteiger partial charge in [-0.25, -0.2) is 5.43 Å². The Hall–Kier alpha value is -3.13. The molecular formula is C17H16ClN3O5. The van der Waals surface area contributed by atoms with Crippen molar-refractivity contribution in [2.45, 2.75) is 13.8 Å². The van der Waals surface area contributed by atoms with Crippen molar-refractivity contribution in [2.24, 2.45) is 5.10 Å². The minimum Gasteiger partial charge on any atom is -0.504 e. The fourth-order valence-corrected chi connectivity index (χ4v) is 2.22. The first-order valence-corrected chi connectivity index (χ1v) is 7.95. The Morgan fingerprint density at radius 1 is 1.42 bits per heavy atom. The summed E-state index contributed by atoms with van der Waals surface area (Å²) in [6.07, 6.45) is 1.10. The third kappa shape index (κ3) is 4.48. The van der Waals surface area contributed by atoms with Crippen LogP contribution < -0.4 is 10.2 Å². The number of halogens is 1. The molecule has 26 heavy (non-hydrogen) atoms. The van der Waals surface area contributed by atoms with Gasteiger partial charge in [0.05, 0.1) is 23.8 Å². The number of benzene rings is 2. The summed E-state index contributed by atoms with van der Waals surface area (Å²) < 4.78 is 5.17. The molecule has 2 N–H and O–H groups in total. The van der Waals surface area contributed by atoms with Crippen LogP contribution in [0.4, 0.5) is 5.69 Å². The number of carbonyl (C=O) groups is 1. The third-order valence-electron chi connectivity index (χ3n) is 3.40. The van der Waals surface area contributed by atoms with Crippen molar-refractivity contribution < 1.29 is 19.6 Å². The van der Waals surface area contributed by atoms with E-state index in [-0.39, 0.29) is 29.4 Å². The third-order valence-corrected chi connectivity index (χ3v) is 3.81. The Morgan fingerprint density at radius 2 is 2.15 bits per heavy atom. The number of nitrogens with zero attached hydrogens (tertiary/aromatic N) is 2. The maximum atomic E-state index is 12.0. The lowest BCUT2D eigenvalue weighted by Gasteiger charge is -2.08. The Balaban J connectivity index is 2.22. The number of hydrogen-bond acceptors (Lipinski definition) is 6. The summed E-state index contributed by atoms with van der Waals surface area (Å²) in [5, 5.41) is 25.3. The second kappa shape index (κ2) is 8.30. The van der Waals surface area contributed by atoms with Crippen LogP contribution >= 0.6 is 11.6 Å². The highest BCUT2D eigenvalue weighted by atomic mass is 35.5. The van der Waals surface area contributed by atoms with Crippen molar-refractivity contribution in [3.63, 3.8) is 0 Å². The van der Waals surface area contributed by atoms with Gasteiger partial charge in [0, 0.05) is 22.2 Å². The number of ether oxygens (including phenoxy) is 1. The van der Waals surface area contributed by atoms with Crippen LogP contribution in [0.1, 0.15) is 28.4 Å². The number of nitro groups is 1. The van der Waals surface area contributed by atoms with Gasteiger partial charge in [-0.3, -0.25) is 14.9 Å². The normalized spacial score (nSPS) is 10.7. The molecule has 0 aromatic heterocycles. The summed E-state index contributed by atoms with van der Waals surface area (Å²) in [6.45, 7) is 3.71. The highest BCUT2D eigenvalue weighted by Gasteiger charge is 2.16. The Bertz CT molecular complexity index is 883. The highest BCUT2D eigenvalue weighted by molar-refractivity contribution is 6.31. The van der Waals surface area contributed by atoms with Crippen LogP contribution in [0.25, 0.3) is 0 Å². The molecule has 0 bridgehead atoms. The molecule has 0 atom stereocenters. The first kappa shape index (κ1) is 19.2. The van der Waals surface area contributed by atoms with Crippen molar-refractivity contribution in [2.75, 3.05) is 6.61 Å². The Labute approximate surface area is 154 Å². The van der Waals surface area contributed by atoms with Crippen LogP contribution in [-0.4, -0.2) is 28.8 Å². The minimum absolute atomic E-state index is 0.0323. The van der Waals surface area contributed by atoms with Crippen LogP contribution in [0.2, 0.25) is 5.02 Å². The summed E-state index contributed by atoms with van der Waals surface area (Å²) in [4.78, 5) is 22.4. The van der Waals surface area contributed by atoms with E-state index >= 15 is 0 Å². The number of rotatable bonds is 6. The molecule has 136 valence electrons. The molecule has 2 rings (SSSR count). The fourth-order valence-electron chi connectivity index (χ4n) is 2.04. The van der Waals surface area contributed by atoms with E-state index in [9.17, 15) is 20.0 Å². The van der Waals surface area contributed by atoms with Crippen LogP contribution in [-0.2, 0) is 0 Å². The molecular weight excluding hydrogens is 362 g/mol. The van der Waals surface area contributed by atoms with E-state index in [0.717, 1.165) is 23.9 Å². The van der Waals surface area contributed by atoms with Gasteiger partial charge in [0.15, 0.2) is 11.5 Å². The molecule has 0 heterocycles. The van der Waals surface area contributed by atoms with E-state index < -0.39 is 10.8 Å². The van der Waals surface area contributed by atoms with Gasteiger partial charge in [-0.2, -0.15) is 5.10 Å². The summed E-state index contributed by atoms with van der Waals surface area (Å²) in [5.74, 6) is -0.869. The number of nitrogens with one attached hydrogen (secondary N) is 1. The lowest BCUT2D eigenvalue weighted by atomic mass is 10.1. The van der Waals surface area contributed by atoms with Crippen LogP contribution in [0.3, 0.4) is 0 Å². The summed E-state index contributed by atoms with van der Waals surface area (Å²) in [7, 11) is 0. The molecule has 0 radical (unpaired) electrons.